The van der Waals surface area contributed by atoms with Crippen LogP contribution in [0.5, 0.6) is 0 Å². The van der Waals surface area contributed by atoms with Crippen molar-refractivity contribution >= 4 is 22.6 Å². The zero-order chi connectivity index (χ0) is 20.2. The van der Waals surface area contributed by atoms with Gasteiger partial charge in [-0.25, -0.2) is 9.78 Å². The Hall–Kier alpha value is -4.13. The summed E-state index contributed by atoms with van der Waals surface area (Å²) in [4.78, 5) is 31.7. The van der Waals surface area contributed by atoms with E-state index in [-0.39, 0.29) is 12.3 Å². The minimum atomic E-state index is -0.489. The average molecular weight is 385 g/mol. The summed E-state index contributed by atoms with van der Waals surface area (Å²) in [6.07, 6.45) is 3.33. The van der Waals surface area contributed by atoms with E-state index < -0.39 is 10.9 Å². The number of para-hydroxylation sites is 1. The monoisotopic (exact) mass is 385 g/mol. The summed E-state index contributed by atoms with van der Waals surface area (Å²) < 4.78 is 5.46. The van der Waals surface area contributed by atoms with Gasteiger partial charge in [0.1, 0.15) is 6.61 Å². The Bertz CT molecular complexity index is 1190. The van der Waals surface area contributed by atoms with Crippen molar-refractivity contribution in [2.45, 2.75) is 6.61 Å². The number of benzene rings is 2. The second-order valence-electron chi connectivity index (χ2n) is 6.31. The quantitative estimate of drug-likeness (QED) is 0.284. The van der Waals surface area contributed by atoms with Crippen molar-refractivity contribution in [3.63, 3.8) is 0 Å². The number of carbonyl (C=O) groups is 1. The molecule has 0 saturated heterocycles. The van der Waals surface area contributed by atoms with Crippen LogP contribution in [0.3, 0.4) is 0 Å². The lowest BCUT2D eigenvalue weighted by Crippen LogP contribution is -2.07. The van der Waals surface area contributed by atoms with E-state index in [0.29, 0.717) is 27.7 Å². The number of hydrogen-bond donors (Lipinski definition) is 0. The van der Waals surface area contributed by atoms with Crippen molar-refractivity contribution in [3.8, 4) is 11.3 Å². The van der Waals surface area contributed by atoms with Gasteiger partial charge in [-0.05, 0) is 42.0 Å². The molecule has 2 heterocycles. The van der Waals surface area contributed by atoms with Gasteiger partial charge in [0.15, 0.2) is 0 Å². The number of nitrogens with zero attached hydrogens (tertiary/aromatic N) is 3. The predicted octanol–water partition coefficient (Wildman–Crippen LogP) is 4.56. The largest absolute Gasteiger partial charge is 0.457 e. The highest BCUT2D eigenvalue weighted by molar-refractivity contribution is 6.04. The van der Waals surface area contributed by atoms with Gasteiger partial charge in [0.05, 0.1) is 21.7 Å². The fourth-order valence-electron chi connectivity index (χ4n) is 2.96. The molecule has 0 N–H and O–H groups in total. The number of fused-ring (bicyclic) bond motifs is 1. The Morgan fingerprint density at radius 3 is 2.45 bits per heavy atom. The molecule has 0 bridgehead atoms. The van der Waals surface area contributed by atoms with Crippen LogP contribution < -0.4 is 0 Å². The van der Waals surface area contributed by atoms with Gasteiger partial charge in [-0.1, -0.05) is 18.2 Å². The lowest BCUT2D eigenvalue weighted by atomic mass is 10.0. The molecule has 2 aromatic heterocycles. The third-order valence-electron chi connectivity index (χ3n) is 4.43. The van der Waals surface area contributed by atoms with Crippen molar-refractivity contribution < 1.29 is 14.5 Å². The maximum Gasteiger partial charge on any atom is 0.339 e. The summed E-state index contributed by atoms with van der Waals surface area (Å²) in [7, 11) is 0. The molecule has 0 aliphatic carbocycles. The van der Waals surface area contributed by atoms with Gasteiger partial charge < -0.3 is 4.74 Å². The SMILES string of the molecule is O=C(OCc1ccc([N+](=O)[O-])cc1)c1cc(-c2ccncc2)nc2ccccc12. The molecule has 29 heavy (non-hydrogen) atoms. The smallest absolute Gasteiger partial charge is 0.339 e. The summed E-state index contributed by atoms with van der Waals surface area (Å²) >= 11 is 0. The average Bonchev–Trinajstić information content (AvgIpc) is 2.77. The zero-order valence-corrected chi connectivity index (χ0v) is 15.2. The molecule has 0 radical (unpaired) electrons. The third kappa shape index (κ3) is 3.93. The number of ether oxygens (including phenoxy) is 1. The van der Waals surface area contributed by atoms with Crippen LogP contribution in [0.1, 0.15) is 15.9 Å². The van der Waals surface area contributed by atoms with Gasteiger partial charge in [0.25, 0.3) is 5.69 Å². The highest BCUT2D eigenvalue weighted by Crippen LogP contribution is 2.25. The summed E-state index contributed by atoms with van der Waals surface area (Å²) in [6, 6.07) is 18.6. The Morgan fingerprint density at radius 2 is 1.72 bits per heavy atom. The van der Waals surface area contributed by atoms with Gasteiger partial charge in [0, 0.05) is 35.5 Å². The number of nitro benzene ring substituents is 1. The Balaban J connectivity index is 1.63. The second kappa shape index (κ2) is 7.85. The summed E-state index contributed by atoms with van der Waals surface area (Å²) in [5.41, 5.74) is 3.23. The van der Waals surface area contributed by atoms with Crippen LogP contribution in [-0.2, 0) is 11.3 Å². The van der Waals surface area contributed by atoms with E-state index in [9.17, 15) is 14.9 Å². The standard InChI is InChI=1S/C22H15N3O4/c26-22(29-14-15-5-7-17(8-6-15)25(27)28)19-13-21(16-9-11-23-12-10-16)24-20-4-2-1-3-18(19)20/h1-13H,14H2. The molecule has 7 heteroatoms. The minimum absolute atomic E-state index is 0.0119. The molecule has 4 rings (SSSR count). The molecular formula is C22H15N3O4. The van der Waals surface area contributed by atoms with Gasteiger partial charge >= 0.3 is 5.97 Å². The van der Waals surface area contributed by atoms with E-state index in [4.69, 9.17) is 4.74 Å². The van der Waals surface area contributed by atoms with E-state index in [2.05, 4.69) is 9.97 Å². The number of nitro groups is 1. The molecule has 0 saturated carbocycles. The van der Waals surface area contributed by atoms with Crippen LogP contribution >= 0.6 is 0 Å². The van der Waals surface area contributed by atoms with E-state index in [1.807, 2.05) is 36.4 Å². The zero-order valence-electron chi connectivity index (χ0n) is 15.2. The van der Waals surface area contributed by atoms with Crippen molar-refractivity contribution in [3.05, 3.63) is 100 Å². The molecule has 0 amide bonds. The number of esters is 1. The van der Waals surface area contributed by atoms with Crippen molar-refractivity contribution in [2.75, 3.05) is 0 Å². The van der Waals surface area contributed by atoms with Gasteiger partial charge in [-0.2, -0.15) is 0 Å². The van der Waals surface area contributed by atoms with Crippen molar-refractivity contribution in [1.82, 2.24) is 9.97 Å². The van der Waals surface area contributed by atoms with Crippen LogP contribution in [-0.4, -0.2) is 20.9 Å². The van der Waals surface area contributed by atoms with Gasteiger partial charge in [0.2, 0.25) is 0 Å². The molecule has 0 aliphatic heterocycles. The molecule has 0 aliphatic rings. The fraction of sp³-hybridized carbons (Fsp3) is 0.0455. The maximum atomic E-state index is 12.8. The van der Waals surface area contributed by atoms with Crippen molar-refractivity contribution in [2.24, 2.45) is 0 Å². The maximum absolute atomic E-state index is 12.8. The first-order valence-electron chi connectivity index (χ1n) is 8.82. The van der Waals surface area contributed by atoms with Gasteiger partial charge in [-0.3, -0.25) is 15.1 Å². The van der Waals surface area contributed by atoms with Crippen LogP contribution in [0.25, 0.3) is 22.2 Å². The number of non-ortho nitro benzene ring substituents is 1. The van der Waals surface area contributed by atoms with Crippen LogP contribution in [0, 0.1) is 10.1 Å². The highest BCUT2D eigenvalue weighted by Gasteiger charge is 2.15. The summed E-state index contributed by atoms with van der Waals surface area (Å²) in [5, 5.41) is 11.4. The topological polar surface area (TPSA) is 95.2 Å². The highest BCUT2D eigenvalue weighted by atomic mass is 16.6. The number of carbonyl (C=O) groups excluding carboxylic acids is 1. The predicted molar refractivity (Wildman–Crippen MR) is 107 cm³/mol. The lowest BCUT2D eigenvalue weighted by molar-refractivity contribution is -0.384. The Labute approximate surface area is 165 Å². The lowest BCUT2D eigenvalue weighted by Gasteiger charge is -2.10. The number of rotatable bonds is 5. The second-order valence-corrected chi connectivity index (χ2v) is 6.31. The molecule has 0 atom stereocenters. The van der Waals surface area contributed by atoms with Gasteiger partial charge in [-0.15, -0.1) is 0 Å². The van der Waals surface area contributed by atoms with E-state index >= 15 is 0 Å². The first-order chi connectivity index (χ1) is 14.1. The first kappa shape index (κ1) is 18.2. The van der Waals surface area contributed by atoms with E-state index in [1.165, 1.54) is 12.1 Å². The van der Waals surface area contributed by atoms with Crippen LogP contribution in [0.4, 0.5) is 5.69 Å². The Morgan fingerprint density at radius 1 is 1.00 bits per heavy atom. The van der Waals surface area contributed by atoms with Crippen LogP contribution in [0.15, 0.2) is 79.1 Å². The molecule has 7 nitrogen and oxygen atoms in total. The molecule has 0 fully saturated rings. The normalized spacial score (nSPS) is 10.6. The molecule has 2 aromatic carbocycles. The van der Waals surface area contributed by atoms with Crippen LogP contribution in [0.2, 0.25) is 0 Å². The van der Waals surface area contributed by atoms with Crippen molar-refractivity contribution in [1.29, 1.82) is 0 Å². The minimum Gasteiger partial charge on any atom is -0.457 e. The molecule has 0 unspecified atom stereocenters. The molecular weight excluding hydrogens is 370 g/mol. The summed E-state index contributed by atoms with van der Waals surface area (Å²) in [5.74, 6) is -0.489. The first-order valence-corrected chi connectivity index (χ1v) is 8.82. The fourth-order valence-corrected chi connectivity index (χ4v) is 2.96. The van der Waals surface area contributed by atoms with E-state index in [1.54, 1.807) is 30.6 Å². The third-order valence-corrected chi connectivity index (χ3v) is 4.43. The van der Waals surface area contributed by atoms with E-state index in [0.717, 1.165) is 5.56 Å². The summed E-state index contributed by atoms with van der Waals surface area (Å²) in [6.45, 7) is 0.0120. The molecule has 0 spiro atoms. The number of aromatic nitrogens is 2. The Kier molecular flexibility index (Phi) is 4.94. The molecule has 4 aromatic rings. The molecule has 142 valence electrons. The number of pyridine rings is 2. The number of hydrogen-bond acceptors (Lipinski definition) is 6.